The quantitative estimate of drug-likeness (QED) is 0.305. The maximum absolute atomic E-state index is 13.8. The van der Waals surface area contributed by atoms with Crippen LogP contribution in [0.4, 0.5) is 4.39 Å². The SMILES string of the molecule is CCNC(=NCc1cc(Br)ccc1F)NCC(C)(O)c1ccco1.I. The van der Waals surface area contributed by atoms with E-state index >= 15 is 0 Å². The smallest absolute Gasteiger partial charge is 0.191 e. The van der Waals surface area contributed by atoms with Crippen LogP contribution >= 0.6 is 39.9 Å². The van der Waals surface area contributed by atoms with Crippen molar-refractivity contribution in [3.63, 3.8) is 0 Å². The van der Waals surface area contributed by atoms with E-state index in [0.29, 0.717) is 23.8 Å². The van der Waals surface area contributed by atoms with Crippen LogP contribution in [0.1, 0.15) is 25.2 Å². The lowest BCUT2D eigenvalue weighted by Gasteiger charge is -2.22. The van der Waals surface area contributed by atoms with Crippen molar-refractivity contribution in [1.29, 1.82) is 0 Å². The summed E-state index contributed by atoms with van der Waals surface area (Å²) in [6.45, 7) is 4.62. The van der Waals surface area contributed by atoms with E-state index in [1.807, 2.05) is 6.92 Å². The second-order valence-electron chi connectivity index (χ2n) is 5.54. The van der Waals surface area contributed by atoms with Gasteiger partial charge in [-0.3, -0.25) is 0 Å². The molecule has 0 fully saturated rings. The van der Waals surface area contributed by atoms with Gasteiger partial charge in [0.05, 0.1) is 19.4 Å². The van der Waals surface area contributed by atoms with Gasteiger partial charge < -0.3 is 20.2 Å². The van der Waals surface area contributed by atoms with Gasteiger partial charge >= 0.3 is 0 Å². The Labute approximate surface area is 172 Å². The van der Waals surface area contributed by atoms with Gasteiger partial charge in [0.25, 0.3) is 0 Å². The number of furan rings is 1. The highest BCUT2D eigenvalue weighted by Gasteiger charge is 2.26. The van der Waals surface area contributed by atoms with Crippen LogP contribution in [-0.4, -0.2) is 24.2 Å². The van der Waals surface area contributed by atoms with E-state index < -0.39 is 5.60 Å². The summed E-state index contributed by atoms with van der Waals surface area (Å²) in [4.78, 5) is 4.36. The minimum absolute atomic E-state index is 0. The Kier molecular flexibility index (Phi) is 8.87. The zero-order chi connectivity index (χ0) is 17.6. The molecule has 0 bridgehead atoms. The maximum Gasteiger partial charge on any atom is 0.191 e. The molecule has 1 aromatic heterocycles. The van der Waals surface area contributed by atoms with Gasteiger partial charge in [-0.05, 0) is 44.2 Å². The van der Waals surface area contributed by atoms with Gasteiger partial charge in [0.15, 0.2) is 5.96 Å². The van der Waals surface area contributed by atoms with Crippen molar-refractivity contribution < 1.29 is 13.9 Å². The van der Waals surface area contributed by atoms with Gasteiger partial charge in [0, 0.05) is 16.6 Å². The molecule has 0 aliphatic carbocycles. The van der Waals surface area contributed by atoms with Gasteiger partial charge in [-0.1, -0.05) is 15.9 Å². The number of guanidine groups is 1. The third kappa shape index (κ3) is 6.59. The molecule has 0 amide bonds. The molecule has 138 valence electrons. The molecule has 0 saturated carbocycles. The molecule has 0 aliphatic heterocycles. The molecule has 2 rings (SSSR count). The Bertz CT molecular complexity index is 693. The van der Waals surface area contributed by atoms with Crippen LogP contribution in [0, 0.1) is 5.82 Å². The van der Waals surface area contributed by atoms with Crippen LogP contribution in [0.15, 0.2) is 50.5 Å². The summed E-state index contributed by atoms with van der Waals surface area (Å²) in [7, 11) is 0. The molecule has 0 spiro atoms. The molecule has 0 saturated heterocycles. The summed E-state index contributed by atoms with van der Waals surface area (Å²) in [6, 6.07) is 8.17. The fourth-order valence-corrected chi connectivity index (χ4v) is 2.51. The van der Waals surface area contributed by atoms with Gasteiger partial charge in [-0.2, -0.15) is 0 Å². The predicted octanol–water partition coefficient (Wildman–Crippen LogP) is 3.76. The maximum atomic E-state index is 13.8. The van der Waals surface area contributed by atoms with Gasteiger partial charge in [-0.15, -0.1) is 24.0 Å². The number of aliphatic hydroxyl groups is 1. The number of hydrogen-bond donors (Lipinski definition) is 3. The van der Waals surface area contributed by atoms with Gasteiger partial charge in [0.1, 0.15) is 17.2 Å². The molecule has 1 unspecified atom stereocenters. The molecule has 25 heavy (non-hydrogen) atoms. The highest BCUT2D eigenvalue weighted by Crippen LogP contribution is 2.20. The number of nitrogens with zero attached hydrogens (tertiary/aromatic N) is 1. The Hall–Kier alpha value is -1.13. The normalized spacial score (nSPS) is 13.7. The summed E-state index contributed by atoms with van der Waals surface area (Å²) in [6.07, 6.45) is 1.51. The largest absolute Gasteiger partial charge is 0.466 e. The summed E-state index contributed by atoms with van der Waals surface area (Å²) in [5.41, 5.74) is -0.694. The van der Waals surface area contributed by atoms with E-state index in [-0.39, 0.29) is 42.9 Å². The van der Waals surface area contributed by atoms with Gasteiger partial charge in [0.2, 0.25) is 0 Å². The third-order valence-corrected chi connectivity index (χ3v) is 3.90. The topological polar surface area (TPSA) is 69.8 Å². The van der Waals surface area contributed by atoms with E-state index in [0.717, 1.165) is 4.47 Å². The van der Waals surface area contributed by atoms with Crippen LogP contribution in [0.2, 0.25) is 0 Å². The fraction of sp³-hybridized carbons (Fsp3) is 0.353. The highest BCUT2D eigenvalue weighted by atomic mass is 127. The number of benzene rings is 1. The van der Waals surface area contributed by atoms with E-state index in [4.69, 9.17) is 4.42 Å². The first-order valence-corrected chi connectivity index (χ1v) is 8.44. The summed E-state index contributed by atoms with van der Waals surface area (Å²) >= 11 is 3.32. The molecule has 8 heteroatoms. The van der Waals surface area contributed by atoms with E-state index in [1.54, 1.807) is 31.2 Å². The molecular formula is C17H22BrFIN3O2. The molecule has 3 N–H and O–H groups in total. The second-order valence-corrected chi connectivity index (χ2v) is 6.45. The number of hydrogen-bond acceptors (Lipinski definition) is 3. The molecule has 2 aromatic rings. The third-order valence-electron chi connectivity index (χ3n) is 3.41. The first-order valence-electron chi connectivity index (χ1n) is 7.65. The summed E-state index contributed by atoms with van der Waals surface area (Å²) in [5.74, 6) is 0.646. The van der Waals surface area contributed by atoms with Crippen molar-refractivity contribution in [2.24, 2.45) is 4.99 Å². The Morgan fingerprint density at radius 3 is 2.76 bits per heavy atom. The molecule has 1 aromatic carbocycles. The van der Waals surface area contributed by atoms with Crippen LogP contribution in [0.3, 0.4) is 0 Å². The van der Waals surface area contributed by atoms with Crippen LogP contribution in [0.5, 0.6) is 0 Å². The average molecular weight is 526 g/mol. The Morgan fingerprint density at radius 2 is 2.12 bits per heavy atom. The number of rotatable bonds is 6. The number of nitrogens with one attached hydrogen (secondary N) is 2. The first-order chi connectivity index (χ1) is 11.4. The minimum Gasteiger partial charge on any atom is -0.466 e. The molecule has 5 nitrogen and oxygen atoms in total. The molecule has 1 heterocycles. The van der Waals surface area contributed by atoms with E-state index in [9.17, 15) is 9.50 Å². The van der Waals surface area contributed by atoms with Crippen molar-refractivity contribution in [1.82, 2.24) is 10.6 Å². The van der Waals surface area contributed by atoms with E-state index in [2.05, 4.69) is 31.6 Å². The standard InChI is InChI=1S/C17H21BrFN3O2.HI/c1-3-20-16(21-10-12-9-13(18)6-7-14(12)19)22-11-17(2,23)15-5-4-8-24-15;/h4-9,23H,3,10-11H2,1-2H3,(H2,20,21,22);1H. The van der Waals surface area contributed by atoms with Crippen molar-refractivity contribution in [2.75, 3.05) is 13.1 Å². The lowest BCUT2D eigenvalue weighted by molar-refractivity contribution is 0.0386. The molecule has 1 atom stereocenters. The van der Waals surface area contributed by atoms with Gasteiger partial charge in [-0.25, -0.2) is 9.38 Å². The fourth-order valence-electron chi connectivity index (χ4n) is 2.10. The zero-order valence-electron chi connectivity index (χ0n) is 14.1. The van der Waals surface area contributed by atoms with Crippen molar-refractivity contribution in [2.45, 2.75) is 26.0 Å². The number of halogens is 3. The highest BCUT2D eigenvalue weighted by molar-refractivity contribution is 14.0. The second kappa shape index (κ2) is 10.1. The van der Waals surface area contributed by atoms with Crippen LogP contribution in [-0.2, 0) is 12.1 Å². The molecule has 0 aliphatic rings. The number of aliphatic imine (C=N–C) groups is 1. The van der Waals surface area contributed by atoms with Crippen LogP contribution in [0.25, 0.3) is 0 Å². The van der Waals surface area contributed by atoms with Crippen molar-refractivity contribution in [3.05, 3.63) is 58.2 Å². The summed E-state index contributed by atoms with van der Waals surface area (Å²) in [5, 5.41) is 16.6. The Balaban J connectivity index is 0.00000312. The van der Waals surface area contributed by atoms with Crippen LogP contribution < -0.4 is 10.6 Å². The van der Waals surface area contributed by atoms with E-state index in [1.165, 1.54) is 12.3 Å². The van der Waals surface area contributed by atoms with Crippen molar-refractivity contribution in [3.8, 4) is 0 Å². The zero-order valence-corrected chi connectivity index (χ0v) is 18.0. The molecule has 0 radical (unpaired) electrons. The first kappa shape index (κ1) is 21.9. The summed E-state index contributed by atoms with van der Waals surface area (Å²) < 4.78 is 19.8. The lowest BCUT2D eigenvalue weighted by Crippen LogP contribution is -2.44. The Morgan fingerprint density at radius 1 is 1.36 bits per heavy atom. The lowest BCUT2D eigenvalue weighted by atomic mass is 10.0. The average Bonchev–Trinajstić information content (AvgIpc) is 3.08. The predicted molar refractivity (Wildman–Crippen MR) is 111 cm³/mol. The minimum atomic E-state index is -1.18. The monoisotopic (exact) mass is 525 g/mol. The van der Waals surface area contributed by atoms with Crippen molar-refractivity contribution >= 4 is 45.9 Å². The molecular weight excluding hydrogens is 504 g/mol.